The van der Waals surface area contributed by atoms with Gasteiger partial charge in [0.05, 0.1) is 0 Å². The van der Waals surface area contributed by atoms with Crippen molar-refractivity contribution in [3.8, 4) is 0 Å². The van der Waals surface area contributed by atoms with E-state index < -0.39 is 0 Å². The van der Waals surface area contributed by atoms with E-state index >= 15 is 0 Å². The summed E-state index contributed by atoms with van der Waals surface area (Å²) >= 11 is 0. The van der Waals surface area contributed by atoms with Crippen LogP contribution >= 0.6 is 0 Å². The molecule has 0 N–H and O–H groups in total. The highest BCUT2D eigenvalue weighted by Crippen LogP contribution is 2.37. The predicted molar refractivity (Wildman–Crippen MR) is 55.2 cm³/mol. The molecule has 0 unspecified atom stereocenters. The lowest BCUT2D eigenvalue weighted by molar-refractivity contribution is 0.878. The summed E-state index contributed by atoms with van der Waals surface area (Å²) in [6, 6.07) is 0. The van der Waals surface area contributed by atoms with Crippen molar-refractivity contribution in [3.05, 3.63) is 71.4 Å². The quantitative estimate of drug-likeness (QED) is 0.518. The third-order valence-electron chi connectivity index (χ3n) is 2.73. The summed E-state index contributed by atoms with van der Waals surface area (Å²) < 4.78 is 0. The maximum absolute atomic E-state index is 2.20. The Hall–Kier alpha value is -1.56. The SMILES string of the molecule is C1=CC2=CC=CC3=CC=CC(=C1)C23. The second kappa shape index (κ2) is 2.46. The van der Waals surface area contributed by atoms with Crippen LogP contribution in [0.15, 0.2) is 71.4 Å². The van der Waals surface area contributed by atoms with Gasteiger partial charge in [-0.3, -0.25) is 0 Å². The first-order chi connectivity index (χ1) is 6.45. The zero-order chi connectivity index (χ0) is 8.67. The highest BCUT2D eigenvalue weighted by Gasteiger charge is 2.23. The van der Waals surface area contributed by atoms with Crippen molar-refractivity contribution in [1.29, 1.82) is 0 Å². The molecule has 3 aliphatic carbocycles. The Labute approximate surface area is 78.0 Å². The van der Waals surface area contributed by atoms with E-state index in [0.717, 1.165) is 0 Å². The van der Waals surface area contributed by atoms with E-state index in [9.17, 15) is 0 Å². The lowest BCUT2D eigenvalue weighted by Crippen LogP contribution is -2.13. The molecule has 0 saturated heterocycles. The molecule has 13 heavy (non-hydrogen) atoms. The molecular weight excluding hydrogens is 156 g/mol. The highest BCUT2D eigenvalue weighted by molar-refractivity contribution is 5.57. The number of allylic oxidation sites excluding steroid dienone is 12. The molecule has 0 amide bonds. The first-order valence-corrected chi connectivity index (χ1v) is 4.60. The summed E-state index contributed by atoms with van der Waals surface area (Å²) in [6.07, 6.45) is 19.6. The van der Waals surface area contributed by atoms with Crippen molar-refractivity contribution in [2.75, 3.05) is 0 Å². The lowest BCUT2D eigenvalue weighted by atomic mass is 9.76. The molecule has 3 aliphatic rings. The Morgan fingerprint density at radius 3 is 1.38 bits per heavy atom. The molecule has 0 aromatic heterocycles. The summed E-state index contributed by atoms with van der Waals surface area (Å²) in [5.41, 5.74) is 4.24. The van der Waals surface area contributed by atoms with Crippen molar-refractivity contribution >= 4 is 0 Å². The molecule has 0 heterocycles. The second-order valence-corrected chi connectivity index (χ2v) is 3.51. The summed E-state index contributed by atoms with van der Waals surface area (Å²) in [6.45, 7) is 0. The van der Waals surface area contributed by atoms with Crippen molar-refractivity contribution in [1.82, 2.24) is 0 Å². The van der Waals surface area contributed by atoms with Gasteiger partial charge in [-0.15, -0.1) is 0 Å². The van der Waals surface area contributed by atoms with Gasteiger partial charge in [-0.1, -0.05) is 54.7 Å². The third-order valence-corrected chi connectivity index (χ3v) is 2.73. The smallest absolute Gasteiger partial charge is 0.0339 e. The predicted octanol–water partition coefficient (Wildman–Crippen LogP) is 3.09. The zero-order valence-electron chi connectivity index (χ0n) is 7.27. The third kappa shape index (κ3) is 0.919. The Kier molecular flexibility index (Phi) is 1.31. The van der Waals surface area contributed by atoms with Gasteiger partial charge in [-0.2, -0.15) is 0 Å². The van der Waals surface area contributed by atoms with E-state index in [0.29, 0.717) is 5.92 Å². The van der Waals surface area contributed by atoms with E-state index in [2.05, 4.69) is 54.7 Å². The Balaban J connectivity index is 2.23. The maximum Gasteiger partial charge on any atom is 0.0339 e. The topological polar surface area (TPSA) is 0 Å². The minimum absolute atomic E-state index is 0.514. The number of hydrogen-bond acceptors (Lipinski definition) is 0. The summed E-state index contributed by atoms with van der Waals surface area (Å²) in [5.74, 6) is 0.514. The molecule has 0 fully saturated rings. The molecular formula is C13H10. The fraction of sp³-hybridized carbons (Fsp3) is 0.0769. The van der Waals surface area contributed by atoms with Gasteiger partial charge < -0.3 is 0 Å². The number of rotatable bonds is 0. The Morgan fingerprint density at radius 1 is 0.615 bits per heavy atom. The maximum atomic E-state index is 2.20. The van der Waals surface area contributed by atoms with E-state index in [1.54, 1.807) is 0 Å². The van der Waals surface area contributed by atoms with Gasteiger partial charge in [0, 0.05) is 5.92 Å². The van der Waals surface area contributed by atoms with Gasteiger partial charge in [0.15, 0.2) is 0 Å². The van der Waals surface area contributed by atoms with Gasteiger partial charge in [-0.05, 0) is 16.7 Å². The van der Waals surface area contributed by atoms with E-state index in [4.69, 9.17) is 0 Å². The number of hydrogen-bond donors (Lipinski definition) is 0. The molecule has 0 aromatic carbocycles. The van der Waals surface area contributed by atoms with Crippen molar-refractivity contribution in [3.63, 3.8) is 0 Å². The molecule has 62 valence electrons. The van der Waals surface area contributed by atoms with Crippen molar-refractivity contribution in [2.24, 2.45) is 5.92 Å². The minimum Gasteiger partial charge on any atom is -0.0617 e. The summed E-state index contributed by atoms with van der Waals surface area (Å²) in [7, 11) is 0. The first-order valence-electron chi connectivity index (χ1n) is 4.60. The standard InChI is InChI=1S/C13H10/c1-4-10-6-2-8-12-9-3-7-11(5-1)13(10)12/h1-9,13H. The van der Waals surface area contributed by atoms with Crippen molar-refractivity contribution in [2.45, 2.75) is 0 Å². The normalized spacial score (nSPS) is 23.5. The van der Waals surface area contributed by atoms with E-state index in [1.807, 2.05) is 0 Å². The summed E-state index contributed by atoms with van der Waals surface area (Å²) in [4.78, 5) is 0. The van der Waals surface area contributed by atoms with Crippen LogP contribution in [-0.2, 0) is 0 Å². The van der Waals surface area contributed by atoms with Gasteiger partial charge >= 0.3 is 0 Å². The van der Waals surface area contributed by atoms with Crippen LogP contribution in [0.2, 0.25) is 0 Å². The lowest BCUT2D eigenvalue weighted by Gasteiger charge is -2.27. The Morgan fingerprint density at radius 2 is 1.00 bits per heavy atom. The second-order valence-electron chi connectivity index (χ2n) is 3.51. The summed E-state index contributed by atoms with van der Waals surface area (Å²) in [5, 5.41) is 0. The minimum atomic E-state index is 0.514. The average Bonchev–Trinajstić information content (AvgIpc) is 2.19. The van der Waals surface area contributed by atoms with E-state index in [1.165, 1.54) is 16.7 Å². The molecule has 0 saturated carbocycles. The van der Waals surface area contributed by atoms with Gasteiger partial charge in [-0.25, -0.2) is 0 Å². The molecule has 3 rings (SSSR count). The molecule has 0 atom stereocenters. The molecule has 0 heteroatoms. The fourth-order valence-corrected chi connectivity index (χ4v) is 2.13. The molecule has 0 nitrogen and oxygen atoms in total. The molecule has 0 spiro atoms. The van der Waals surface area contributed by atoms with Crippen LogP contribution in [0.1, 0.15) is 0 Å². The average molecular weight is 166 g/mol. The van der Waals surface area contributed by atoms with Gasteiger partial charge in [0.2, 0.25) is 0 Å². The van der Waals surface area contributed by atoms with Crippen LogP contribution in [0, 0.1) is 5.92 Å². The molecule has 0 aromatic rings. The highest BCUT2D eigenvalue weighted by atomic mass is 14.3. The first kappa shape index (κ1) is 6.90. The molecule has 0 bridgehead atoms. The van der Waals surface area contributed by atoms with Crippen LogP contribution < -0.4 is 0 Å². The van der Waals surface area contributed by atoms with E-state index in [-0.39, 0.29) is 0 Å². The van der Waals surface area contributed by atoms with Crippen LogP contribution in [0.4, 0.5) is 0 Å². The van der Waals surface area contributed by atoms with Crippen molar-refractivity contribution < 1.29 is 0 Å². The molecule has 0 radical (unpaired) electrons. The van der Waals surface area contributed by atoms with Crippen LogP contribution in [0.3, 0.4) is 0 Å². The zero-order valence-corrected chi connectivity index (χ0v) is 7.27. The van der Waals surface area contributed by atoms with Gasteiger partial charge in [0.25, 0.3) is 0 Å². The Bertz CT molecular complexity index is 356. The molecule has 0 aliphatic heterocycles. The van der Waals surface area contributed by atoms with Gasteiger partial charge in [0.1, 0.15) is 0 Å². The van der Waals surface area contributed by atoms with Crippen LogP contribution in [-0.4, -0.2) is 0 Å². The monoisotopic (exact) mass is 166 g/mol. The largest absolute Gasteiger partial charge is 0.0617 e. The van der Waals surface area contributed by atoms with Crippen LogP contribution in [0.5, 0.6) is 0 Å². The fourth-order valence-electron chi connectivity index (χ4n) is 2.13. The van der Waals surface area contributed by atoms with Crippen LogP contribution in [0.25, 0.3) is 0 Å².